The van der Waals surface area contributed by atoms with Crippen molar-refractivity contribution in [2.75, 3.05) is 12.3 Å². The van der Waals surface area contributed by atoms with E-state index in [1.54, 1.807) is 6.92 Å². The van der Waals surface area contributed by atoms with Crippen molar-refractivity contribution in [3.63, 3.8) is 0 Å². The maximum Gasteiger partial charge on any atom is 0.254 e. The van der Waals surface area contributed by atoms with Gasteiger partial charge in [0, 0.05) is 6.54 Å². The molecule has 1 rings (SSSR count). The summed E-state index contributed by atoms with van der Waals surface area (Å²) in [5, 5.41) is 11.5. The summed E-state index contributed by atoms with van der Waals surface area (Å²) in [4.78, 5) is 11.6. The van der Waals surface area contributed by atoms with Gasteiger partial charge in [-0.15, -0.1) is 0 Å². The number of hydrogen-bond acceptors (Lipinski definition) is 3. The summed E-state index contributed by atoms with van der Waals surface area (Å²) < 4.78 is 26.5. The van der Waals surface area contributed by atoms with E-state index in [-0.39, 0.29) is 6.54 Å². The number of carbonyl (C=O) groups is 1. The van der Waals surface area contributed by atoms with Gasteiger partial charge in [-0.05, 0) is 31.9 Å². The lowest BCUT2D eigenvalue weighted by Crippen LogP contribution is -2.26. The number of carbonyl (C=O) groups excluding carboxylic acids is 1. The van der Waals surface area contributed by atoms with Crippen LogP contribution in [0.25, 0.3) is 0 Å². The number of aliphatic hydroxyl groups excluding tert-OH is 1. The number of anilines is 1. The second-order valence-electron chi connectivity index (χ2n) is 4.10. The van der Waals surface area contributed by atoms with E-state index in [4.69, 9.17) is 10.8 Å². The molecule has 0 aliphatic carbocycles. The monoisotopic (exact) mass is 258 g/mol. The van der Waals surface area contributed by atoms with Gasteiger partial charge in [0.05, 0.1) is 17.4 Å². The van der Waals surface area contributed by atoms with E-state index in [0.29, 0.717) is 12.8 Å². The van der Waals surface area contributed by atoms with Crippen LogP contribution < -0.4 is 11.1 Å². The Labute approximate surface area is 104 Å². The molecule has 6 heteroatoms. The molecule has 0 radical (unpaired) electrons. The van der Waals surface area contributed by atoms with Crippen molar-refractivity contribution >= 4 is 11.6 Å². The number of aliphatic hydroxyl groups is 1. The van der Waals surface area contributed by atoms with E-state index in [9.17, 15) is 13.6 Å². The Hall–Kier alpha value is -1.69. The molecule has 1 aromatic carbocycles. The van der Waals surface area contributed by atoms with Crippen molar-refractivity contribution in [1.82, 2.24) is 5.32 Å². The first-order chi connectivity index (χ1) is 8.41. The first-order valence-corrected chi connectivity index (χ1v) is 5.62. The third-order valence-corrected chi connectivity index (χ3v) is 2.39. The molecule has 0 aliphatic heterocycles. The molecule has 0 spiro atoms. The first-order valence-electron chi connectivity index (χ1n) is 5.62. The van der Waals surface area contributed by atoms with E-state index in [1.165, 1.54) is 0 Å². The van der Waals surface area contributed by atoms with Gasteiger partial charge in [-0.2, -0.15) is 0 Å². The van der Waals surface area contributed by atoms with Crippen LogP contribution in [0.4, 0.5) is 14.5 Å². The molecule has 1 amide bonds. The van der Waals surface area contributed by atoms with E-state index >= 15 is 0 Å². The summed E-state index contributed by atoms with van der Waals surface area (Å²) in [5.74, 6) is -2.41. The largest absolute Gasteiger partial charge is 0.396 e. The first kappa shape index (κ1) is 14.4. The van der Waals surface area contributed by atoms with Crippen LogP contribution in [0, 0.1) is 11.6 Å². The van der Waals surface area contributed by atoms with Gasteiger partial charge in [-0.3, -0.25) is 4.79 Å². The maximum absolute atomic E-state index is 13.5. The highest BCUT2D eigenvalue weighted by Crippen LogP contribution is 2.17. The van der Waals surface area contributed by atoms with E-state index in [0.717, 1.165) is 12.1 Å². The van der Waals surface area contributed by atoms with Gasteiger partial charge in [0.15, 0.2) is 5.82 Å². The third-order valence-electron chi connectivity index (χ3n) is 2.39. The number of rotatable bonds is 5. The number of nitrogen functional groups attached to an aromatic ring is 1. The van der Waals surface area contributed by atoms with Crippen LogP contribution in [0.5, 0.6) is 0 Å². The summed E-state index contributed by atoms with van der Waals surface area (Å²) in [6.45, 7) is 1.91. The summed E-state index contributed by atoms with van der Waals surface area (Å²) in [6, 6.07) is 1.62. The zero-order chi connectivity index (χ0) is 13.7. The molecule has 0 fully saturated rings. The van der Waals surface area contributed by atoms with Crippen LogP contribution in [0.2, 0.25) is 0 Å². The van der Waals surface area contributed by atoms with Crippen LogP contribution in [0.1, 0.15) is 30.1 Å². The minimum Gasteiger partial charge on any atom is -0.396 e. The number of hydrogen-bond donors (Lipinski definition) is 3. The Morgan fingerprint density at radius 1 is 1.50 bits per heavy atom. The highest BCUT2D eigenvalue weighted by atomic mass is 19.1. The molecule has 0 aromatic heterocycles. The Kier molecular flexibility index (Phi) is 5.03. The summed E-state index contributed by atoms with van der Waals surface area (Å²) in [6.07, 6.45) is 0.618. The maximum atomic E-state index is 13.5. The molecule has 1 aromatic rings. The normalized spacial score (nSPS) is 12.2. The van der Waals surface area contributed by atoms with Crippen molar-refractivity contribution in [2.24, 2.45) is 0 Å². The second-order valence-corrected chi connectivity index (χ2v) is 4.10. The molecule has 4 N–H and O–H groups in total. The van der Waals surface area contributed by atoms with Crippen LogP contribution in [-0.2, 0) is 0 Å². The second kappa shape index (κ2) is 6.30. The summed E-state index contributed by atoms with van der Waals surface area (Å²) in [7, 11) is 0. The Morgan fingerprint density at radius 2 is 2.17 bits per heavy atom. The fourth-order valence-corrected chi connectivity index (χ4v) is 1.47. The summed E-state index contributed by atoms with van der Waals surface area (Å²) in [5.41, 5.74) is 4.41. The average Bonchev–Trinajstić information content (AvgIpc) is 2.28. The van der Waals surface area contributed by atoms with Gasteiger partial charge in [-0.25, -0.2) is 8.78 Å². The van der Waals surface area contributed by atoms with Crippen LogP contribution in [0.15, 0.2) is 12.1 Å². The van der Waals surface area contributed by atoms with Crippen molar-refractivity contribution in [3.05, 3.63) is 29.3 Å². The zero-order valence-corrected chi connectivity index (χ0v) is 10.0. The number of halogens is 2. The molecule has 0 saturated carbocycles. The van der Waals surface area contributed by atoms with Gasteiger partial charge in [0.25, 0.3) is 5.91 Å². The molecule has 1 unspecified atom stereocenters. The minimum absolute atomic E-state index is 0.277. The van der Waals surface area contributed by atoms with Gasteiger partial charge in [0.1, 0.15) is 5.82 Å². The van der Waals surface area contributed by atoms with E-state index in [1.807, 2.05) is 0 Å². The lowest BCUT2D eigenvalue weighted by molar-refractivity contribution is 0.0945. The number of nitrogens with one attached hydrogen (secondary N) is 1. The predicted molar refractivity (Wildman–Crippen MR) is 64.0 cm³/mol. The van der Waals surface area contributed by atoms with Crippen molar-refractivity contribution < 1.29 is 18.7 Å². The van der Waals surface area contributed by atoms with Gasteiger partial charge in [0.2, 0.25) is 0 Å². The van der Waals surface area contributed by atoms with Crippen LogP contribution in [0.3, 0.4) is 0 Å². The van der Waals surface area contributed by atoms with Gasteiger partial charge >= 0.3 is 0 Å². The standard InChI is InChI=1S/C12H16F2N2O2/c1-7(17)3-2-4-16-12(18)9-5-8(13)6-10(15)11(9)14/h5-7,17H,2-4,15H2,1H3,(H,16,18). The average molecular weight is 258 g/mol. The molecular weight excluding hydrogens is 242 g/mol. The van der Waals surface area contributed by atoms with Crippen molar-refractivity contribution in [1.29, 1.82) is 0 Å². The highest BCUT2D eigenvalue weighted by Gasteiger charge is 2.15. The van der Waals surface area contributed by atoms with Crippen molar-refractivity contribution in [3.8, 4) is 0 Å². The fraction of sp³-hybridized carbons (Fsp3) is 0.417. The van der Waals surface area contributed by atoms with Gasteiger partial charge < -0.3 is 16.2 Å². The molecule has 4 nitrogen and oxygen atoms in total. The van der Waals surface area contributed by atoms with E-state index < -0.39 is 34.9 Å². The Balaban J connectivity index is 2.62. The van der Waals surface area contributed by atoms with Crippen LogP contribution in [-0.4, -0.2) is 23.7 Å². The lowest BCUT2D eigenvalue weighted by atomic mass is 10.1. The summed E-state index contributed by atoms with van der Waals surface area (Å²) >= 11 is 0. The fourth-order valence-electron chi connectivity index (χ4n) is 1.47. The Morgan fingerprint density at radius 3 is 2.78 bits per heavy atom. The van der Waals surface area contributed by atoms with E-state index in [2.05, 4.69) is 5.32 Å². The quantitative estimate of drug-likeness (QED) is 0.552. The SMILES string of the molecule is CC(O)CCCNC(=O)c1cc(F)cc(N)c1F. The molecule has 18 heavy (non-hydrogen) atoms. The number of nitrogens with two attached hydrogens (primary N) is 1. The van der Waals surface area contributed by atoms with Crippen LogP contribution >= 0.6 is 0 Å². The minimum atomic E-state index is -0.926. The lowest BCUT2D eigenvalue weighted by Gasteiger charge is -2.08. The topological polar surface area (TPSA) is 75.3 Å². The zero-order valence-electron chi connectivity index (χ0n) is 10.0. The molecule has 1 atom stereocenters. The number of amides is 1. The molecule has 0 aliphatic rings. The smallest absolute Gasteiger partial charge is 0.254 e. The number of benzene rings is 1. The third kappa shape index (κ3) is 3.96. The molecule has 0 heterocycles. The highest BCUT2D eigenvalue weighted by molar-refractivity contribution is 5.95. The molecular formula is C12H16F2N2O2. The van der Waals surface area contributed by atoms with Gasteiger partial charge in [-0.1, -0.05) is 0 Å². The van der Waals surface area contributed by atoms with Crippen molar-refractivity contribution in [2.45, 2.75) is 25.9 Å². The molecule has 0 bridgehead atoms. The predicted octanol–water partition coefficient (Wildman–Crippen LogP) is 1.44. The molecule has 100 valence electrons. The molecule has 0 saturated heterocycles. The Bertz CT molecular complexity index is 436.